The molecule has 4 heteroatoms. The summed E-state index contributed by atoms with van der Waals surface area (Å²) >= 11 is 1.39. The molecular weight excluding hydrogens is 176 g/mol. The van der Waals surface area contributed by atoms with Gasteiger partial charge < -0.3 is 15.0 Å². The van der Waals surface area contributed by atoms with E-state index in [1.807, 2.05) is 0 Å². The number of rotatable bonds is 7. The van der Waals surface area contributed by atoms with Gasteiger partial charge in [0.2, 0.25) is 0 Å². The first kappa shape index (κ1) is 11.9. The van der Waals surface area contributed by atoms with Crippen LogP contribution in [0.1, 0.15) is 26.2 Å². The third-order valence-electron chi connectivity index (χ3n) is 1.58. The molecule has 0 aliphatic carbocycles. The predicted molar refractivity (Wildman–Crippen MR) is 50.1 cm³/mol. The Kier molecular flexibility index (Phi) is 7.54. The third kappa shape index (κ3) is 6.64. The SMILES string of the molecule is CC(=O)CCC(CCO)SCO. The molecule has 0 amide bonds. The van der Waals surface area contributed by atoms with Gasteiger partial charge in [0.05, 0.1) is 5.94 Å². The molecule has 0 bridgehead atoms. The normalized spacial score (nSPS) is 12.9. The van der Waals surface area contributed by atoms with Crippen LogP contribution < -0.4 is 0 Å². The zero-order chi connectivity index (χ0) is 9.40. The third-order valence-corrected chi connectivity index (χ3v) is 2.67. The van der Waals surface area contributed by atoms with Gasteiger partial charge in [0, 0.05) is 18.3 Å². The van der Waals surface area contributed by atoms with Crippen molar-refractivity contribution < 1.29 is 15.0 Å². The van der Waals surface area contributed by atoms with E-state index in [0.29, 0.717) is 12.8 Å². The summed E-state index contributed by atoms with van der Waals surface area (Å²) < 4.78 is 0. The maximum atomic E-state index is 10.6. The van der Waals surface area contributed by atoms with Crippen LogP contribution in [-0.4, -0.2) is 33.8 Å². The second kappa shape index (κ2) is 7.58. The van der Waals surface area contributed by atoms with Crippen molar-refractivity contribution in [2.75, 3.05) is 12.5 Å². The minimum Gasteiger partial charge on any atom is -0.396 e. The van der Waals surface area contributed by atoms with Gasteiger partial charge in [0.25, 0.3) is 0 Å². The number of ketones is 1. The lowest BCUT2D eigenvalue weighted by Gasteiger charge is -2.12. The lowest BCUT2D eigenvalue weighted by molar-refractivity contribution is -0.117. The second-order valence-corrected chi connectivity index (χ2v) is 3.93. The van der Waals surface area contributed by atoms with Crippen molar-refractivity contribution in [3.05, 3.63) is 0 Å². The van der Waals surface area contributed by atoms with Crippen LogP contribution >= 0.6 is 11.8 Å². The Balaban J connectivity index is 3.54. The predicted octanol–water partition coefficient (Wildman–Crippen LogP) is 0.790. The number of Topliss-reactive ketones (excluding diaryl/α,β-unsaturated/α-hetero) is 1. The Morgan fingerprint density at radius 2 is 2.08 bits per heavy atom. The molecule has 0 saturated carbocycles. The summed E-state index contributed by atoms with van der Waals surface area (Å²) in [7, 11) is 0. The van der Waals surface area contributed by atoms with E-state index in [9.17, 15) is 4.79 Å². The minimum atomic E-state index is 0.0581. The topological polar surface area (TPSA) is 57.5 Å². The van der Waals surface area contributed by atoms with Gasteiger partial charge in [-0.1, -0.05) is 0 Å². The summed E-state index contributed by atoms with van der Waals surface area (Å²) in [5.41, 5.74) is 0. The monoisotopic (exact) mass is 192 g/mol. The minimum absolute atomic E-state index is 0.0581. The van der Waals surface area contributed by atoms with Crippen LogP contribution in [0.5, 0.6) is 0 Å². The molecule has 0 fully saturated rings. The van der Waals surface area contributed by atoms with Gasteiger partial charge in [-0.05, 0) is 19.8 Å². The van der Waals surface area contributed by atoms with Crippen molar-refractivity contribution >= 4 is 17.5 Å². The summed E-state index contributed by atoms with van der Waals surface area (Å²) in [6.45, 7) is 1.68. The van der Waals surface area contributed by atoms with Crippen molar-refractivity contribution in [2.45, 2.75) is 31.4 Å². The summed E-state index contributed by atoms with van der Waals surface area (Å²) in [4.78, 5) is 10.6. The van der Waals surface area contributed by atoms with Gasteiger partial charge in [0.15, 0.2) is 0 Å². The highest BCUT2D eigenvalue weighted by molar-refractivity contribution is 7.99. The molecule has 2 N–H and O–H groups in total. The summed E-state index contributed by atoms with van der Waals surface area (Å²) in [6, 6.07) is 0. The van der Waals surface area contributed by atoms with Crippen molar-refractivity contribution in [1.29, 1.82) is 0 Å². The van der Waals surface area contributed by atoms with Crippen LogP contribution in [0.4, 0.5) is 0 Å². The highest BCUT2D eigenvalue weighted by Gasteiger charge is 2.08. The van der Waals surface area contributed by atoms with E-state index in [4.69, 9.17) is 10.2 Å². The van der Waals surface area contributed by atoms with Crippen LogP contribution in [-0.2, 0) is 4.79 Å². The molecule has 0 aliphatic rings. The van der Waals surface area contributed by atoms with Crippen LogP contribution in [0.3, 0.4) is 0 Å². The Bertz CT molecular complexity index is 121. The number of thioether (sulfide) groups is 1. The molecule has 0 radical (unpaired) electrons. The molecule has 0 aromatic rings. The summed E-state index contributed by atoms with van der Waals surface area (Å²) in [5, 5.41) is 17.5. The fourth-order valence-electron chi connectivity index (χ4n) is 0.925. The van der Waals surface area contributed by atoms with E-state index < -0.39 is 0 Å². The van der Waals surface area contributed by atoms with E-state index in [0.717, 1.165) is 6.42 Å². The average molecular weight is 192 g/mol. The van der Waals surface area contributed by atoms with E-state index >= 15 is 0 Å². The number of hydrogen-bond acceptors (Lipinski definition) is 4. The Morgan fingerprint density at radius 1 is 1.42 bits per heavy atom. The molecule has 1 unspecified atom stereocenters. The number of carbonyl (C=O) groups is 1. The molecular formula is C8H16O3S. The fourth-order valence-corrected chi connectivity index (χ4v) is 1.69. The summed E-state index contributed by atoms with van der Waals surface area (Å²) in [5.74, 6) is 0.222. The van der Waals surface area contributed by atoms with Crippen molar-refractivity contribution in [1.82, 2.24) is 0 Å². The van der Waals surface area contributed by atoms with Gasteiger partial charge in [-0.25, -0.2) is 0 Å². The Labute approximate surface area is 77.2 Å². The summed E-state index contributed by atoms with van der Waals surface area (Å²) in [6.07, 6.45) is 1.94. The number of carbonyl (C=O) groups excluding carboxylic acids is 1. The van der Waals surface area contributed by atoms with Gasteiger partial charge in [-0.3, -0.25) is 0 Å². The molecule has 3 nitrogen and oxygen atoms in total. The van der Waals surface area contributed by atoms with Crippen molar-refractivity contribution in [2.24, 2.45) is 0 Å². The Hall–Kier alpha value is -0.0600. The average Bonchev–Trinajstić information content (AvgIpc) is 2.01. The van der Waals surface area contributed by atoms with E-state index in [2.05, 4.69) is 0 Å². The van der Waals surface area contributed by atoms with E-state index in [-0.39, 0.29) is 23.6 Å². The highest BCUT2D eigenvalue weighted by atomic mass is 32.2. The molecule has 0 rings (SSSR count). The lowest BCUT2D eigenvalue weighted by Crippen LogP contribution is -2.08. The van der Waals surface area contributed by atoms with Crippen molar-refractivity contribution in [3.8, 4) is 0 Å². The molecule has 1 atom stereocenters. The maximum absolute atomic E-state index is 10.6. The highest BCUT2D eigenvalue weighted by Crippen LogP contribution is 2.18. The van der Waals surface area contributed by atoms with Crippen LogP contribution in [0.2, 0.25) is 0 Å². The van der Waals surface area contributed by atoms with Crippen LogP contribution in [0.15, 0.2) is 0 Å². The molecule has 72 valence electrons. The van der Waals surface area contributed by atoms with Crippen LogP contribution in [0.25, 0.3) is 0 Å². The lowest BCUT2D eigenvalue weighted by atomic mass is 10.1. The first-order valence-electron chi connectivity index (χ1n) is 4.03. The molecule has 12 heavy (non-hydrogen) atoms. The van der Waals surface area contributed by atoms with Gasteiger partial charge in [0.1, 0.15) is 5.78 Å². The molecule has 0 aliphatic heterocycles. The smallest absolute Gasteiger partial charge is 0.129 e. The maximum Gasteiger partial charge on any atom is 0.129 e. The molecule has 0 aromatic carbocycles. The first-order valence-corrected chi connectivity index (χ1v) is 5.08. The number of aliphatic hydroxyl groups is 2. The Morgan fingerprint density at radius 3 is 2.50 bits per heavy atom. The molecule has 0 saturated heterocycles. The van der Waals surface area contributed by atoms with Gasteiger partial charge in [-0.2, -0.15) is 0 Å². The first-order chi connectivity index (χ1) is 5.70. The standard InChI is InChI=1S/C8H16O3S/c1-7(11)2-3-8(4-5-9)12-6-10/h8-10H,2-6H2,1H3. The number of hydrogen-bond donors (Lipinski definition) is 2. The van der Waals surface area contributed by atoms with Gasteiger partial charge >= 0.3 is 0 Å². The van der Waals surface area contributed by atoms with E-state index in [1.54, 1.807) is 6.92 Å². The quantitative estimate of drug-likeness (QED) is 0.585. The molecule has 0 spiro atoms. The van der Waals surface area contributed by atoms with Gasteiger partial charge in [-0.15, -0.1) is 11.8 Å². The largest absolute Gasteiger partial charge is 0.396 e. The van der Waals surface area contributed by atoms with Crippen LogP contribution in [0, 0.1) is 0 Å². The zero-order valence-electron chi connectivity index (χ0n) is 7.32. The molecule has 0 heterocycles. The van der Waals surface area contributed by atoms with Crippen molar-refractivity contribution in [3.63, 3.8) is 0 Å². The molecule has 0 aromatic heterocycles. The van der Waals surface area contributed by atoms with E-state index in [1.165, 1.54) is 11.8 Å². The zero-order valence-corrected chi connectivity index (χ0v) is 8.14. The fraction of sp³-hybridized carbons (Fsp3) is 0.875. The second-order valence-electron chi connectivity index (χ2n) is 2.67. The number of aliphatic hydroxyl groups excluding tert-OH is 2.